The predicted octanol–water partition coefficient (Wildman–Crippen LogP) is 29.5. The van der Waals surface area contributed by atoms with Gasteiger partial charge in [-0.1, -0.05) is 346 Å². The Bertz CT molecular complexity index is 7150. The molecule has 0 saturated heterocycles. The molecule has 0 aliphatic carbocycles. The van der Waals surface area contributed by atoms with E-state index in [-0.39, 0.29) is 70.8 Å². The van der Waals surface area contributed by atoms with Gasteiger partial charge in [-0.2, -0.15) is 0 Å². The summed E-state index contributed by atoms with van der Waals surface area (Å²) in [6.45, 7) is 0. The number of rotatable bonds is 12. The molecule has 0 amide bonds. The molecule has 0 heterocycles. The minimum atomic E-state index is -0.112. The van der Waals surface area contributed by atoms with E-state index in [0.29, 0.717) is 11.1 Å². The zero-order valence-electron chi connectivity index (χ0n) is 65.7. The first-order valence-corrected chi connectivity index (χ1v) is 35.9. The Balaban J connectivity index is 0.000000153. The first kappa shape index (κ1) is 54.8. The Morgan fingerprint density at radius 2 is 0.425 bits per heavy atom. The maximum absolute atomic E-state index is 9.76. The Morgan fingerprint density at radius 3 is 0.821 bits per heavy atom. The van der Waals surface area contributed by atoms with Gasteiger partial charge in [-0.05, 0) is 221 Å². The van der Waals surface area contributed by atoms with Gasteiger partial charge in [0.2, 0.25) is 0 Å². The summed E-state index contributed by atoms with van der Waals surface area (Å²) in [6.07, 6.45) is 0. The highest BCUT2D eigenvalue weighted by atomic mass is 15.1. The number of hydrogen-bond donors (Lipinski definition) is 0. The fourth-order valence-electron chi connectivity index (χ4n) is 15.5. The molecule has 0 radical (unpaired) electrons. The largest absolute Gasteiger partial charge is 0.310 e. The van der Waals surface area contributed by atoms with Crippen molar-refractivity contribution < 1.29 is 11.0 Å². The second-order valence-corrected chi connectivity index (χ2v) is 26.8. The van der Waals surface area contributed by atoms with Crippen LogP contribution in [0, 0.1) is 0 Å². The summed E-state index contributed by atoms with van der Waals surface area (Å²) in [5, 5.41) is 16.1. The van der Waals surface area contributed by atoms with Crippen LogP contribution in [0.15, 0.2) is 424 Å². The zero-order chi connectivity index (χ0) is 77.2. The monoisotopic (exact) mass is 1350 g/mol. The Labute approximate surface area is 628 Å². The second kappa shape index (κ2) is 27.5. The number of hydrogen-bond acceptors (Lipinski definition) is 2. The lowest BCUT2D eigenvalue weighted by Crippen LogP contribution is -2.10. The normalized spacial score (nSPS) is 12.5. The third kappa shape index (κ3) is 11.7. The fraction of sp³-hybridized carbons (Fsp3) is 0. The molecule has 20 aromatic carbocycles. The van der Waals surface area contributed by atoms with Gasteiger partial charge in [0.25, 0.3) is 0 Å². The van der Waals surface area contributed by atoms with E-state index >= 15 is 0 Å². The van der Waals surface area contributed by atoms with E-state index < -0.39 is 0 Å². The summed E-state index contributed by atoms with van der Waals surface area (Å²) in [7, 11) is 0. The van der Waals surface area contributed by atoms with Crippen LogP contribution in [0.5, 0.6) is 0 Å². The molecule has 0 aliphatic heterocycles. The smallest absolute Gasteiger partial charge is 0.0645 e. The van der Waals surface area contributed by atoms with Gasteiger partial charge in [-0.3, -0.25) is 0 Å². The van der Waals surface area contributed by atoms with E-state index in [1.54, 1.807) is 0 Å². The minimum absolute atomic E-state index is 0.0872. The molecule has 0 fully saturated rings. The molecule has 0 unspecified atom stereocenters. The average Bonchev–Trinajstić information content (AvgIpc) is 0.732. The van der Waals surface area contributed by atoms with Gasteiger partial charge in [-0.25, -0.2) is 0 Å². The van der Waals surface area contributed by atoms with Crippen LogP contribution in [0.25, 0.3) is 153 Å². The molecular formula is C104H70N2. The topological polar surface area (TPSA) is 6.48 Å². The SMILES string of the molecule is [2H]c1c([2H])c(N(c2ccc(-c3cccc(-c4ccccc4)c3)cc2)c2cc3ccccc3c3ccccc23)c([2H])c([2H])c1-c1cc2ccccc2c2ccccc12.[2H]c1c([2H])c(N(c2ccc(-c3ccccc3-c3ccccc3)cc2)c2cc3ccccc3c3ccccc23)c([2H])c([2H])c1-c1cc2ccccc2c2ccccc12. The van der Waals surface area contributed by atoms with E-state index in [1.807, 2.05) is 210 Å². The van der Waals surface area contributed by atoms with E-state index in [0.717, 1.165) is 153 Å². The summed E-state index contributed by atoms with van der Waals surface area (Å²) in [6, 6.07) is 126. The highest BCUT2D eigenvalue weighted by Gasteiger charge is 2.22. The van der Waals surface area contributed by atoms with E-state index in [9.17, 15) is 11.0 Å². The quantitative estimate of drug-likeness (QED) is 0.113. The summed E-state index contributed by atoms with van der Waals surface area (Å²) < 4.78 is 77.5. The minimum Gasteiger partial charge on any atom is -0.310 e. The van der Waals surface area contributed by atoms with Gasteiger partial charge in [0, 0.05) is 33.5 Å². The van der Waals surface area contributed by atoms with Crippen molar-refractivity contribution in [1.29, 1.82) is 0 Å². The third-order valence-corrected chi connectivity index (χ3v) is 20.6. The number of anilines is 6. The average molecular weight is 1360 g/mol. The van der Waals surface area contributed by atoms with Crippen LogP contribution in [0.4, 0.5) is 34.1 Å². The number of nitrogens with zero attached hydrogens (tertiary/aromatic N) is 2. The van der Waals surface area contributed by atoms with Crippen molar-refractivity contribution in [1.82, 2.24) is 0 Å². The van der Waals surface area contributed by atoms with Crippen LogP contribution in [-0.2, 0) is 0 Å². The molecule has 0 spiro atoms. The van der Waals surface area contributed by atoms with Crippen molar-refractivity contribution in [2.75, 3.05) is 9.80 Å². The Morgan fingerprint density at radius 1 is 0.151 bits per heavy atom. The predicted molar refractivity (Wildman–Crippen MR) is 455 cm³/mol. The highest BCUT2D eigenvalue weighted by Crippen LogP contribution is 2.47. The molecule has 0 saturated carbocycles. The van der Waals surface area contributed by atoms with Gasteiger partial charge in [-0.15, -0.1) is 0 Å². The van der Waals surface area contributed by atoms with Crippen molar-refractivity contribution in [2.24, 2.45) is 0 Å². The number of fused-ring (bicyclic) bond motifs is 12. The van der Waals surface area contributed by atoms with Crippen molar-refractivity contribution in [3.63, 3.8) is 0 Å². The Kier molecular flexibility index (Phi) is 14.2. The maximum atomic E-state index is 9.76. The number of benzene rings is 20. The van der Waals surface area contributed by atoms with Crippen LogP contribution >= 0.6 is 0 Å². The molecule has 0 bridgehead atoms. The van der Waals surface area contributed by atoms with Gasteiger partial charge >= 0.3 is 0 Å². The molecule has 496 valence electrons. The molecule has 2 nitrogen and oxygen atoms in total. The fourth-order valence-corrected chi connectivity index (χ4v) is 15.5. The third-order valence-electron chi connectivity index (χ3n) is 20.6. The first-order valence-electron chi connectivity index (χ1n) is 39.9. The van der Waals surface area contributed by atoms with Crippen LogP contribution < -0.4 is 9.80 Å². The van der Waals surface area contributed by atoms with Crippen LogP contribution in [0.2, 0.25) is 0 Å². The zero-order valence-corrected chi connectivity index (χ0v) is 57.7. The summed E-state index contributed by atoms with van der Waals surface area (Å²) in [4.78, 5) is 3.84. The van der Waals surface area contributed by atoms with Crippen LogP contribution in [0.1, 0.15) is 11.0 Å². The molecule has 0 aliphatic rings. The van der Waals surface area contributed by atoms with Crippen molar-refractivity contribution >= 4 is 120 Å². The van der Waals surface area contributed by atoms with Crippen LogP contribution in [0.3, 0.4) is 0 Å². The van der Waals surface area contributed by atoms with Gasteiger partial charge in [0.05, 0.1) is 22.3 Å². The molecule has 0 aromatic heterocycles. The van der Waals surface area contributed by atoms with E-state index in [2.05, 4.69) is 176 Å². The lowest BCUT2D eigenvalue weighted by atomic mass is 9.93. The molecular weight excluding hydrogens is 1280 g/mol. The van der Waals surface area contributed by atoms with E-state index in [1.165, 1.54) is 0 Å². The molecule has 20 aromatic rings. The molecule has 0 N–H and O–H groups in total. The second-order valence-electron chi connectivity index (χ2n) is 26.8. The first-order chi connectivity index (χ1) is 55.9. The summed E-state index contributed by atoms with van der Waals surface area (Å²) in [5.41, 5.74) is 14.0. The van der Waals surface area contributed by atoms with E-state index in [4.69, 9.17) is 0 Å². The molecule has 106 heavy (non-hydrogen) atoms. The maximum Gasteiger partial charge on any atom is 0.0645 e. The van der Waals surface area contributed by atoms with Crippen molar-refractivity contribution in [2.45, 2.75) is 0 Å². The summed E-state index contributed by atoms with van der Waals surface area (Å²) in [5.74, 6) is 0. The lowest BCUT2D eigenvalue weighted by molar-refractivity contribution is 1.30. The Hall–Kier alpha value is -13.9. The highest BCUT2D eigenvalue weighted by molar-refractivity contribution is 6.18. The van der Waals surface area contributed by atoms with Crippen molar-refractivity contribution in [3.8, 4) is 66.8 Å². The molecule has 20 rings (SSSR count). The van der Waals surface area contributed by atoms with Crippen LogP contribution in [-0.4, -0.2) is 0 Å². The summed E-state index contributed by atoms with van der Waals surface area (Å²) >= 11 is 0. The van der Waals surface area contributed by atoms with Gasteiger partial charge in [0.15, 0.2) is 0 Å². The molecule has 2 heteroatoms. The lowest BCUT2D eigenvalue weighted by Gasteiger charge is -2.28. The van der Waals surface area contributed by atoms with Gasteiger partial charge in [0.1, 0.15) is 0 Å². The molecule has 0 atom stereocenters. The van der Waals surface area contributed by atoms with Crippen molar-refractivity contribution in [3.05, 3.63) is 424 Å². The van der Waals surface area contributed by atoms with Gasteiger partial charge < -0.3 is 9.80 Å². The standard InChI is InChI=1S/2C52H35N/c1-2-14-36(15-3-1)43-18-8-9-19-44(43)37-26-30-41(31-27-37)53(52-35-40-17-5-7-21-46(40)48-23-12-13-25-50(48)52)42-32-28-38(29-33-42)51-34-39-16-4-6-20-45(39)47-22-10-11-24-49(47)51;1-2-13-36(14-3-1)39-17-12-18-40(33-39)37-25-29-43(30-26-37)53(52-35-42-16-5-7-20-46(42)48-22-10-11-24-50(48)52)44-31-27-38(28-32-44)51-34-41-15-4-6-19-45(41)47-21-8-9-23-49(47)51/h2*1-35H/i28D,29D,32D,33D;27D,28D,31D,32D.